The predicted octanol–water partition coefficient (Wildman–Crippen LogP) is 6.13. The Labute approximate surface area is 208 Å². The van der Waals surface area contributed by atoms with E-state index in [4.69, 9.17) is 28.8 Å². The van der Waals surface area contributed by atoms with Crippen molar-refractivity contribution in [3.63, 3.8) is 0 Å². The molecular formula is C17H52O7Si8. The first kappa shape index (κ1) is 33.5. The van der Waals surface area contributed by atoms with E-state index in [1.807, 2.05) is 0 Å². The Morgan fingerprint density at radius 1 is 0.344 bits per heavy atom. The highest BCUT2D eigenvalue weighted by Gasteiger charge is 2.47. The van der Waals surface area contributed by atoms with Crippen molar-refractivity contribution in [1.82, 2.24) is 0 Å². The van der Waals surface area contributed by atoms with Crippen LogP contribution >= 0.6 is 0 Å². The van der Waals surface area contributed by atoms with E-state index < -0.39 is 68.7 Å². The van der Waals surface area contributed by atoms with Crippen LogP contribution < -0.4 is 0 Å². The van der Waals surface area contributed by atoms with E-state index in [1.165, 1.54) is 0 Å². The molecule has 1 atom stereocenters. The summed E-state index contributed by atoms with van der Waals surface area (Å²) in [5, 5.41) is 0. The van der Waals surface area contributed by atoms with Crippen LogP contribution in [0.2, 0.25) is 111 Å². The van der Waals surface area contributed by atoms with Gasteiger partial charge in [0, 0.05) is 0 Å². The van der Waals surface area contributed by atoms with Gasteiger partial charge in [0.15, 0.2) is 16.6 Å². The molecular weight excluding hydrogens is 541 g/mol. The lowest BCUT2D eigenvalue weighted by molar-refractivity contribution is 0.268. The molecule has 0 fully saturated rings. The minimum Gasteiger partial charge on any atom is -0.439 e. The van der Waals surface area contributed by atoms with E-state index in [0.717, 1.165) is 0 Å². The molecule has 15 heteroatoms. The first-order chi connectivity index (χ1) is 13.6. The van der Waals surface area contributed by atoms with Gasteiger partial charge in [-0.1, -0.05) is 0 Å². The minimum absolute atomic E-state index is 1.62. The van der Waals surface area contributed by atoms with Crippen LogP contribution in [0.15, 0.2) is 0 Å². The molecule has 0 rings (SSSR count). The smallest absolute Gasteiger partial charge is 0.314 e. The van der Waals surface area contributed by atoms with E-state index in [9.17, 15) is 0 Å². The van der Waals surface area contributed by atoms with Gasteiger partial charge < -0.3 is 28.8 Å². The highest BCUT2D eigenvalue weighted by molar-refractivity contribution is 6.91. The Hall–Kier alpha value is 1.46. The second kappa shape index (κ2) is 11.2. The van der Waals surface area contributed by atoms with Crippen LogP contribution in [0, 0.1) is 0 Å². The average Bonchev–Trinajstić information content (AvgIpc) is 2.22. The standard InChI is InChI=1S/C17H52O7Si8/c1-25(18-26(2,3)4)19-28(8,9)21-30(12,13)23-32(16,17)24-31(14,15)22-29(10,11)20-27(5,6)7/h25H,1-17H3. The lowest BCUT2D eigenvalue weighted by Crippen LogP contribution is -2.60. The van der Waals surface area contributed by atoms with Crippen LogP contribution in [-0.4, -0.2) is 68.7 Å². The molecule has 0 saturated carbocycles. The van der Waals surface area contributed by atoms with Gasteiger partial charge in [0.1, 0.15) is 0 Å². The number of rotatable bonds is 14. The molecule has 0 aromatic heterocycles. The van der Waals surface area contributed by atoms with Crippen LogP contribution in [-0.2, 0) is 28.8 Å². The third-order valence-electron chi connectivity index (χ3n) is 3.49. The quantitative estimate of drug-likeness (QED) is 0.225. The van der Waals surface area contributed by atoms with Crippen LogP contribution in [0.4, 0.5) is 0 Å². The van der Waals surface area contributed by atoms with Crippen LogP contribution in [0.5, 0.6) is 0 Å². The SMILES string of the molecule is C[SiH](O[Si](C)(C)C)O[Si](C)(C)O[Si](C)(C)O[Si](C)(C)O[Si](C)(C)O[Si](C)(C)O[Si](C)(C)C. The van der Waals surface area contributed by atoms with Crippen molar-refractivity contribution < 1.29 is 28.8 Å². The monoisotopic (exact) mass is 592 g/mol. The normalized spacial score (nSPS) is 16.4. The molecule has 0 aliphatic rings. The number of hydrogen-bond donors (Lipinski definition) is 0. The first-order valence-electron chi connectivity index (χ1n) is 11.5. The van der Waals surface area contributed by atoms with E-state index in [1.54, 1.807) is 0 Å². The molecule has 0 saturated heterocycles. The Morgan fingerprint density at radius 3 is 0.906 bits per heavy atom. The van der Waals surface area contributed by atoms with Crippen molar-refractivity contribution in [1.29, 1.82) is 0 Å². The molecule has 1 unspecified atom stereocenters. The summed E-state index contributed by atoms with van der Waals surface area (Å²) in [4.78, 5) is 0. The Kier molecular flexibility index (Phi) is 11.7. The Balaban J connectivity index is 5.14. The van der Waals surface area contributed by atoms with E-state index >= 15 is 0 Å². The summed E-state index contributed by atoms with van der Waals surface area (Å²) >= 11 is 0. The second-order valence-corrected chi connectivity index (χ2v) is 42.1. The van der Waals surface area contributed by atoms with Crippen molar-refractivity contribution in [2.75, 3.05) is 0 Å². The largest absolute Gasteiger partial charge is 0.439 e. The molecule has 0 N–H and O–H groups in total. The third-order valence-corrected chi connectivity index (χ3v) is 31.4. The zero-order chi connectivity index (χ0) is 26.0. The highest BCUT2D eigenvalue weighted by Crippen LogP contribution is 2.27. The molecule has 0 aromatic rings. The summed E-state index contributed by atoms with van der Waals surface area (Å²) in [7, 11) is -17.2. The molecule has 194 valence electrons. The van der Waals surface area contributed by atoms with Gasteiger partial charge in [-0.3, -0.25) is 0 Å². The predicted molar refractivity (Wildman–Crippen MR) is 155 cm³/mol. The van der Waals surface area contributed by atoms with Gasteiger partial charge >= 0.3 is 42.8 Å². The topological polar surface area (TPSA) is 64.6 Å². The van der Waals surface area contributed by atoms with E-state index in [2.05, 4.69) is 111 Å². The fraction of sp³-hybridized carbons (Fsp3) is 1.00. The molecule has 0 radical (unpaired) electrons. The van der Waals surface area contributed by atoms with Crippen LogP contribution in [0.1, 0.15) is 0 Å². The average molecular weight is 593 g/mol. The molecule has 0 spiro atoms. The van der Waals surface area contributed by atoms with Gasteiger partial charge in [-0.2, -0.15) is 0 Å². The summed E-state index contributed by atoms with van der Waals surface area (Å²) in [5.74, 6) is 0. The molecule has 32 heavy (non-hydrogen) atoms. The van der Waals surface area contributed by atoms with Crippen LogP contribution in [0.3, 0.4) is 0 Å². The maximum atomic E-state index is 6.60. The van der Waals surface area contributed by atoms with Crippen molar-refractivity contribution in [3.8, 4) is 0 Å². The van der Waals surface area contributed by atoms with E-state index in [-0.39, 0.29) is 0 Å². The molecule has 0 heterocycles. The second-order valence-electron chi connectivity index (χ2n) is 12.5. The van der Waals surface area contributed by atoms with Crippen molar-refractivity contribution >= 4 is 68.7 Å². The van der Waals surface area contributed by atoms with Crippen molar-refractivity contribution in [3.05, 3.63) is 0 Å². The summed E-state index contributed by atoms with van der Waals surface area (Å²) in [5.41, 5.74) is 0. The summed E-state index contributed by atoms with van der Waals surface area (Å²) in [6.07, 6.45) is 0. The molecule has 0 aromatic carbocycles. The summed E-state index contributed by atoms with van der Waals surface area (Å²) in [6, 6.07) is 0. The van der Waals surface area contributed by atoms with E-state index in [0.29, 0.717) is 0 Å². The first-order valence-corrected chi connectivity index (χ1v) is 34.5. The minimum atomic E-state index is -2.51. The fourth-order valence-electron chi connectivity index (χ4n) is 4.13. The highest BCUT2D eigenvalue weighted by atomic mass is 28.5. The van der Waals surface area contributed by atoms with Gasteiger partial charge in [-0.15, -0.1) is 0 Å². The van der Waals surface area contributed by atoms with Gasteiger partial charge in [-0.05, 0) is 111 Å². The summed E-state index contributed by atoms with van der Waals surface area (Å²) < 4.78 is 45.2. The maximum Gasteiger partial charge on any atom is 0.314 e. The molecule has 0 aliphatic heterocycles. The number of hydrogen-bond acceptors (Lipinski definition) is 7. The van der Waals surface area contributed by atoms with Crippen molar-refractivity contribution in [2.24, 2.45) is 0 Å². The zero-order valence-electron chi connectivity index (χ0n) is 23.9. The Morgan fingerprint density at radius 2 is 0.625 bits per heavy atom. The zero-order valence-corrected chi connectivity index (χ0v) is 32.1. The van der Waals surface area contributed by atoms with Crippen LogP contribution in [0.25, 0.3) is 0 Å². The lowest BCUT2D eigenvalue weighted by atomic mass is 11.8. The third kappa shape index (κ3) is 17.0. The van der Waals surface area contributed by atoms with Gasteiger partial charge in [0.25, 0.3) is 9.28 Å². The summed E-state index contributed by atoms with van der Waals surface area (Å²) in [6.45, 7) is 36.1. The maximum absolute atomic E-state index is 6.60. The molecule has 0 aliphatic carbocycles. The van der Waals surface area contributed by atoms with Gasteiger partial charge in [-0.25, -0.2) is 0 Å². The van der Waals surface area contributed by atoms with Crippen molar-refractivity contribution in [2.45, 2.75) is 111 Å². The molecule has 7 nitrogen and oxygen atoms in total. The Bertz CT molecular complexity index is 601. The molecule has 0 amide bonds. The fourth-order valence-corrected chi connectivity index (χ4v) is 39.6. The van der Waals surface area contributed by atoms with Gasteiger partial charge in [0.2, 0.25) is 0 Å². The lowest BCUT2D eigenvalue weighted by Gasteiger charge is -2.43. The molecule has 0 bridgehead atoms. The van der Waals surface area contributed by atoms with Gasteiger partial charge in [0.05, 0.1) is 0 Å².